The van der Waals surface area contributed by atoms with E-state index < -0.39 is 0 Å². The normalized spacial score (nSPS) is 24.8. The Morgan fingerprint density at radius 3 is 2.83 bits per heavy atom. The van der Waals surface area contributed by atoms with Crippen molar-refractivity contribution in [2.75, 3.05) is 7.05 Å². The Labute approximate surface area is 114 Å². The monoisotopic (exact) mass is 269 g/mol. The van der Waals surface area contributed by atoms with E-state index in [1.54, 1.807) is 12.1 Å². The first-order chi connectivity index (χ1) is 8.70. The summed E-state index contributed by atoms with van der Waals surface area (Å²) in [5, 5.41) is 4.02. The molecule has 2 unspecified atom stereocenters. The summed E-state index contributed by atoms with van der Waals surface area (Å²) in [6.07, 6.45) is 7.00. The van der Waals surface area contributed by atoms with E-state index in [1.165, 1.54) is 38.2 Å². The van der Waals surface area contributed by atoms with Crippen molar-refractivity contribution in [1.29, 1.82) is 0 Å². The van der Waals surface area contributed by atoms with Gasteiger partial charge >= 0.3 is 0 Å². The fraction of sp³-hybridized carbons (Fsp3) is 0.600. The summed E-state index contributed by atoms with van der Waals surface area (Å²) in [5.41, 5.74) is 0.759. The third-order valence-electron chi connectivity index (χ3n) is 4.02. The summed E-state index contributed by atoms with van der Waals surface area (Å²) in [6, 6.07) is 5.37. The van der Waals surface area contributed by atoms with Crippen molar-refractivity contribution < 1.29 is 4.39 Å². The topological polar surface area (TPSA) is 12.0 Å². The lowest BCUT2D eigenvalue weighted by Gasteiger charge is -2.25. The Bertz CT molecular complexity index is 394. The molecule has 0 saturated heterocycles. The Balaban J connectivity index is 2.12. The zero-order valence-corrected chi connectivity index (χ0v) is 11.6. The number of rotatable bonds is 3. The molecule has 1 aromatic carbocycles. The van der Waals surface area contributed by atoms with Gasteiger partial charge in [-0.15, -0.1) is 0 Å². The molecule has 18 heavy (non-hydrogen) atoms. The highest BCUT2D eigenvalue weighted by molar-refractivity contribution is 6.30. The molecule has 0 amide bonds. The van der Waals surface area contributed by atoms with Gasteiger partial charge in [-0.1, -0.05) is 30.9 Å². The van der Waals surface area contributed by atoms with Gasteiger partial charge in [-0.05, 0) is 56.0 Å². The molecule has 3 heteroatoms. The van der Waals surface area contributed by atoms with Crippen LogP contribution in [0.2, 0.25) is 5.02 Å². The predicted molar refractivity (Wildman–Crippen MR) is 74.5 cm³/mol. The van der Waals surface area contributed by atoms with Gasteiger partial charge in [0.25, 0.3) is 0 Å². The molecule has 0 radical (unpaired) electrons. The Morgan fingerprint density at radius 1 is 1.28 bits per heavy atom. The maximum atomic E-state index is 13.8. The second kappa shape index (κ2) is 6.53. The van der Waals surface area contributed by atoms with Gasteiger partial charge in [0, 0.05) is 11.1 Å². The van der Waals surface area contributed by atoms with Gasteiger partial charge in [0.1, 0.15) is 5.82 Å². The minimum atomic E-state index is -0.126. The smallest absolute Gasteiger partial charge is 0.126 e. The molecular weight excluding hydrogens is 249 g/mol. The average Bonchev–Trinajstić information content (AvgIpc) is 2.59. The van der Waals surface area contributed by atoms with Crippen LogP contribution in [0.3, 0.4) is 0 Å². The summed E-state index contributed by atoms with van der Waals surface area (Å²) in [6.45, 7) is 0. The first-order valence-corrected chi connectivity index (χ1v) is 7.19. The van der Waals surface area contributed by atoms with Gasteiger partial charge in [0.05, 0.1) is 0 Å². The molecule has 0 aromatic heterocycles. The molecule has 2 rings (SSSR count). The van der Waals surface area contributed by atoms with Crippen molar-refractivity contribution in [2.45, 2.75) is 44.6 Å². The number of hydrogen-bond acceptors (Lipinski definition) is 1. The molecule has 1 saturated carbocycles. The van der Waals surface area contributed by atoms with Gasteiger partial charge in [-0.25, -0.2) is 4.39 Å². The van der Waals surface area contributed by atoms with E-state index in [-0.39, 0.29) is 5.82 Å². The number of benzene rings is 1. The van der Waals surface area contributed by atoms with Crippen molar-refractivity contribution in [3.8, 4) is 0 Å². The number of halogens is 2. The van der Waals surface area contributed by atoms with Gasteiger partial charge in [-0.3, -0.25) is 0 Å². The fourth-order valence-electron chi connectivity index (χ4n) is 2.99. The third-order valence-corrected chi connectivity index (χ3v) is 4.25. The highest BCUT2D eigenvalue weighted by Gasteiger charge is 2.23. The molecule has 1 aliphatic rings. The standard InChI is InChI=1S/C15H21ClFN/c1-18-15-6-4-2-3-5-11(15)9-12-10-13(16)7-8-14(12)17/h7-8,10-11,15,18H,2-6,9H2,1H3. The number of nitrogens with one attached hydrogen (secondary N) is 1. The molecule has 2 atom stereocenters. The van der Waals surface area contributed by atoms with E-state index in [2.05, 4.69) is 5.32 Å². The number of hydrogen-bond donors (Lipinski definition) is 1. The first kappa shape index (κ1) is 13.8. The van der Waals surface area contributed by atoms with Gasteiger partial charge in [0.2, 0.25) is 0 Å². The van der Waals surface area contributed by atoms with E-state index in [9.17, 15) is 4.39 Å². The van der Waals surface area contributed by atoms with Crippen LogP contribution < -0.4 is 5.32 Å². The fourth-order valence-corrected chi connectivity index (χ4v) is 3.19. The van der Waals surface area contributed by atoms with Crippen LogP contribution in [-0.4, -0.2) is 13.1 Å². The van der Waals surface area contributed by atoms with Gasteiger partial charge in [0.15, 0.2) is 0 Å². The minimum Gasteiger partial charge on any atom is -0.317 e. The first-order valence-electron chi connectivity index (χ1n) is 6.82. The van der Waals surface area contributed by atoms with Crippen molar-refractivity contribution in [2.24, 2.45) is 5.92 Å². The highest BCUT2D eigenvalue weighted by atomic mass is 35.5. The van der Waals surface area contributed by atoms with Crippen molar-refractivity contribution >= 4 is 11.6 Å². The molecule has 0 aliphatic heterocycles. The zero-order chi connectivity index (χ0) is 13.0. The van der Waals surface area contributed by atoms with E-state index in [0.29, 0.717) is 17.0 Å². The summed E-state index contributed by atoms with van der Waals surface area (Å²) in [7, 11) is 2.01. The lowest BCUT2D eigenvalue weighted by molar-refractivity contribution is 0.346. The van der Waals surface area contributed by atoms with Crippen molar-refractivity contribution in [3.05, 3.63) is 34.6 Å². The summed E-state index contributed by atoms with van der Waals surface area (Å²) >= 11 is 5.95. The van der Waals surface area contributed by atoms with Crippen LogP contribution >= 0.6 is 11.6 Å². The van der Waals surface area contributed by atoms with Crippen LogP contribution in [-0.2, 0) is 6.42 Å². The van der Waals surface area contributed by atoms with E-state index in [0.717, 1.165) is 12.0 Å². The zero-order valence-electron chi connectivity index (χ0n) is 10.9. The molecular formula is C15H21ClFN. The maximum Gasteiger partial charge on any atom is 0.126 e. The highest BCUT2D eigenvalue weighted by Crippen LogP contribution is 2.28. The Morgan fingerprint density at radius 2 is 2.06 bits per heavy atom. The van der Waals surface area contributed by atoms with E-state index in [1.807, 2.05) is 7.05 Å². The van der Waals surface area contributed by atoms with Crippen LogP contribution in [0.5, 0.6) is 0 Å². The molecule has 1 nitrogen and oxygen atoms in total. The lowest BCUT2D eigenvalue weighted by Crippen LogP contribution is -2.34. The van der Waals surface area contributed by atoms with Gasteiger partial charge in [-0.2, -0.15) is 0 Å². The lowest BCUT2D eigenvalue weighted by atomic mass is 9.88. The maximum absolute atomic E-state index is 13.8. The predicted octanol–water partition coefficient (Wildman–Crippen LogP) is 4.19. The third kappa shape index (κ3) is 3.46. The second-order valence-electron chi connectivity index (χ2n) is 5.23. The Hall–Kier alpha value is -0.600. The quantitative estimate of drug-likeness (QED) is 0.812. The molecule has 100 valence electrons. The Kier molecular flexibility index (Phi) is 5.02. The largest absolute Gasteiger partial charge is 0.317 e. The summed E-state index contributed by atoms with van der Waals surface area (Å²) < 4.78 is 13.8. The van der Waals surface area contributed by atoms with Crippen LogP contribution in [0.15, 0.2) is 18.2 Å². The molecule has 1 fully saturated rings. The summed E-state index contributed by atoms with van der Waals surface area (Å²) in [4.78, 5) is 0. The SMILES string of the molecule is CNC1CCCCCC1Cc1cc(Cl)ccc1F. The molecule has 0 bridgehead atoms. The second-order valence-corrected chi connectivity index (χ2v) is 5.67. The molecule has 0 spiro atoms. The van der Waals surface area contributed by atoms with E-state index in [4.69, 9.17) is 11.6 Å². The molecule has 0 heterocycles. The molecule has 1 N–H and O–H groups in total. The van der Waals surface area contributed by atoms with Gasteiger partial charge < -0.3 is 5.32 Å². The van der Waals surface area contributed by atoms with E-state index >= 15 is 0 Å². The van der Waals surface area contributed by atoms with Crippen LogP contribution in [0.25, 0.3) is 0 Å². The van der Waals surface area contributed by atoms with Crippen LogP contribution in [0, 0.1) is 11.7 Å². The van der Waals surface area contributed by atoms with Crippen molar-refractivity contribution in [3.63, 3.8) is 0 Å². The average molecular weight is 270 g/mol. The minimum absolute atomic E-state index is 0.126. The van der Waals surface area contributed by atoms with Crippen LogP contribution in [0.1, 0.15) is 37.7 Å². The molecule has 1 aliphatic carbocycles. The molecule has 1 aromatic rings. The summed E-state index contributed by atoms with van der Waals surface area (Å²) in [5.74, 6) is 0.393. The van der Waals surface area contributed by atoms with Crippen molar-refractivity contribution in [1.82, 2.24) is 5.32 Å². The van der Waals surface area contributed by atoms with Crippen LogP contribution in [0.4, 0.5) is 4.39 Å².